The summed E-state index contributed by atoms with van der Waals surface area (Å²) in [6, 6.07) is 6.72. The standard InChI is InChI=1S/C15H19N3O3/c1-10(2)21-14-5-4-12(8-13(14)9-16)15(20)18-7-6-17-11(3)19/h4-5,8,10H,6-7H2,1-3H3,(H,17,19)(H,18,20). The van der Waals surface area contributed by atoms with E-state index in [0.717, 1.165) is 0 Å². The van der Waals surface area contributed by atoms with Crippen molar-refractivity contribution >= 4 is 11.8 Å². The predicted octanol–water partition coefficient (Wildman–Crippen LogP) is 1.21. The number of hydrogen-bond acceptors (Lipinski definition) is 4. The van der Waals surface area contributed by atoms with Crippen molar-refractivity contribution < 1.29 is 14.3 Å². The van der Waals surface area contributed by atoms with Crippen molar-refractivity contribution in [1.82, 2.24) is 10.6 Å². The van der Waals surface area contributed by atoms with Gasteiger partial charge in [-0.3, -0.25) is 9.59 Å². The summed E-state index contributed by atoms with van der Waals surface area (Å²) in [6.45, 7) is 5.83. The highest BCUT2D eigenvalue weighted by atomic mass is 16.5. The van der Waals surface area contributed by atoms with Crippen LogP contribution in [0.25, 0.3) is 0 Å². The number of amides is 2. The molecule has 0 spiro atoms. The first kappa shape index (κ1) is 16.5. The van der Waals surface area contributed by atoms with Crippen molar-refractivity contribution in [2.75, 3.05) is 13.1 Å². The Morgan fingerprint density at radius 3 is 2.52 bits per heavy atom. The second-order valence-corrected chi connectivity index (χ2v) is 4.73. The molecule has 6 heteroatoms. The zero-order valence-electron chi connectivity index (χ0n) is 12.4. The number of nitrogens with one attached hydrogen (secondary N) is 2. The predicted molar refractivity (Wildman–Crippen MR) is 77.9 cm³/mol. The lowest BCUT2D eigenvalue weighted by Crippen LogP contribution is -2.33. The van der Waals surface area contributed by atoms with E-state index in [0.29, 0.717) is 30.0 Å². The van der Waals surface area contributed by atoms with Crippen LogP contribution in [0.2, 0.25) is 0 Å². The molecule has 0 atom stereocenters. The van der Waals surface area contributed by atoms with Crippen LogP contribution < -0.4 is 15.4 Å². The van der Waals surface area contributed by atoms with E-state index < -0.39 is 0 Å². The highest BCUT2D eigenvalue weighted by Gasteiger charge is 2.11. The summed E-state index contributed by atoms with van der Waals surface area (Å²) in [6.07, 6.45) is -0.0468. The minimum absolute atomic E-state index is 0.0468. The molecule has 0 saturated carbocycles. The molecule has 0 aliphatic rings. The Balaban J connectivity index is 2.69. The molecule has 2 amide bonds. The summed E-state index contributed by atoms with van der Waals surface area (Å²) in [5.74, 6) is 0.0152. The summed E-state index contributed by atoms with van der Waals surface area (Å²) in [7, 11) is 0. The topological polar surface area (TPSA) is 91.2 Å². The summed E-state index contributed by atoms with van der Waals surface area (Å²) < 4.78 is 5.49. The van der Waals surface area contributed by atoms with Crippen molar-refractivity contribution in [2.24, 2.45) is 0 Å². The van der Waals surface area contributed by atoms with Gasteiger partial charge in [-0.15, -0.1) is 0 Å². The highest BCUT2D eigenvalue weighted by Crippen LogP contribution is 2.20. The largest absolute Gasteiger partial charge is 0.490 e. The fraction of sp³-hybridized carbons (Fsp3) is 0.400. The van der Waals surface area contributed by atoms with Crippen LogP contribution in [0.4, 0.5) is 0 Å². The molecule has 0 aliphatic heterocycles. The highest BCUT2D eigenvalue weighted by molar-refractivity contribution is 5.94. The van der Waals surface area contributed by atoms with E-state index in [4.69, 9.17) is 10.00 Å². The summed E-state index contributed by atoms with van der Waals surface area (Å²) in [4.78, 5) is 22.6. The molecule has 1 rings (SSSR count). The molecule has 1 aromatic rings. The van der Waals surface area contributed by atoms with Gasteiger partial charge in [0.2, 0.25) is 5.91 Å². The molecule has 1 aromatic carbocycles. The molecule has 0 saturated heterocycles. The maximum Gasteiger partial charge on any atom is 0.251 e. The second-order valence-electron chi connectivity index (χ2n) is 4.73. The van der Waals surface area contributed by atoms with Crippen LogP contribution in [-0.2, 0) is 4.79 Å². The van der Waals surface area contributed by atoms with Crippen LogP contribution >= 0.6 is 0 Å². The molecule has 0 bridgehead atoms. The van der Waals surface area contributed by atoms with Gasteiger partial charge in [0.25, 0.3) is 5.91 Å². The third-order valence-corrected chi connectivity index (χ3v) is 2.51. The number of rotatable bonds is 6. The normalized spacial score (nSPS) is 9.86. The van der Waals surface area contributed by atoms with Gasteiger partial charge < -0.3 is 15.4 Å². The van der Waals surface area contributed by atoms with E-state index in [9.17, 15) is 9.59 Å². The molecule has 0 unspecified atom stereocenters. The molecular formula is C15H19N3O3. The van der Waals surface area contributed by atoms with E-state index in [1.165, 1.54) is 13.0 Å². The Morgan fingerprint density at radius 1 is 1.29 bits per heavy atom. The summed E-state index contributed by atoms with van der Waals surface area (Å²) in [5, 5.41) is 14.3. The SMILES string of the molecule is CC(=O)NCCNC(=O)c1ccc(OC(C)C)c(C#N)c1. The molecule has 2 N–H and O–H groups in total. The van der Waals surface area contributed by atoms with Crippen LogP contribution in [0.15, 0.2) is 18.2 Å². The van der Waals surface area contributed by atoms with E-state index >= 15 is 0 Å². The lowest BCUT2D eigenvalue weighted by Gasteiger charge is -2.12. The minimum Gasteiger partial charge on any atom is -0.490 e. The number of carbonyl (C=O) groups is 2. The first-order valence-electron chi connectivity index (χ1n) is 6.67. The summed E-state index contributed by atoms with van der Waals surface area (Å²) in [5.41, 5.74) is 0.698. The van der Waals surface area contributed by atoms with Crippen molar-refractivity contribution in [3.8, 4) is 11.8 Å². The molecule has 6 nitrogen and oxygen atoms in total. The van der Waals surface area contributed by atoms with Crippen molar-refractivity contribution in [2.45, 2.75) is 26.9 Å². The maximum absolute atomic E-state index is 11.9. The van der Waals surface area contributed by atoms with Gasteiger partial charge >= 0.3 is 0 Å². The number of ether oxygens (including phenoxy) is 1. The third kappa shape index (κ3) is 5.53. The first-order chi connectivity index (χ1) is 9.93. The average Bonchev–Trinajstić information content (AvgIpc) is 2.43. The molecular weight excluding hydrogens is 270 g/mol. The van der Waals surface area contributed by atoms with E-state index in [1.54, 1.807) is 12.1 Å². The Labute approximate surface area is 124 Å². The molecule has 0 aromatic heterocycles. The van der Waals surface area contributed by atoms with Crippen LogP contribution in [0.5, 0.6) is 5.75 Å². The second kappa shape index (κ2) is 7.90. The molecule has 21 heavy (non-hydrogen) atoms. The van der Waals surface area contributed by atoms with Gasteiger partial charge in [0, 0.05) is 25.6 Å². The first-order valence-corrected chi connectivity index (χ1v) is 6.67. The number of nitrogens with zero attached hydrogens (tertiary/aromatic N) is 1. The Bertz CT molecular complexity index is 562. The lowest BCUT2D eigenvalue weighted by molar-refractivity contribution is -0.118. The van der Waals surface area contributed by atoms with Gasteiger partial charge in [-0.1, -0.05) is 0 Å². The summed E-state index contributed by atoms with van der Waals surface area (Å²) >= 11 is 0. The fourth-order valence-corrected chi connectivity index (χ4v) is 1.63. The van der Waals surface area contributed by atoms with E-state index in [2.05, 4.69) is 10.6 Å². The van der Waals surface area contributed by atoms with Gasteiger partial charge in [0.05, 0.1) is 11.7 Å². The van der Waals surface area contributed by atoms with E-state index in [1.807, 2.05) is 19.9 Å². The number of carbonyl (C=O) groups excluding carboxylic acids is 2. The molecule has 0 aliphatic carbocycles. The molecule has 0 heterocycles. The van der Waals surface area contributed by atoms with Gasteiger partial charge in [0.1, 0.15) is 11.8 Å². The monoisotopic (exact) mass is 289 g/mol. The molecule has 0 radical (unpaired) electrons. The minimum atomic E-state index is -0.298. The lowest BCUT2D eigenvalue weighted by atomic mass is 10.1. The Kier molecular flexibility index (Phi) is 6.21. The fourth-order valence-electron chi connectivity index (χ4n) is 1.63. The van der Waals surface area contributed by atoms with Crippen molar-refractivity contribution in [3.05, 3.63) is 29.3 Å². The van der Waals surface area contributed by atoms with Crippen LogP contribution in [0, 0.1) is 11.3 Å². The van der Waals surface area contributed by atoms with E-state index in [-0.39, 0.29) is 17.9 Å². The smallest absolute Gasteiger partial charge is 0.251 e. The van der Waals surface area contributed by atoms with Gasteiger partial charge in [0.15, 0.2) is 0 Å². The Hall–Kier alpha value is -2.55. The van der Waals surface area contributed by atoms with Crippen molar-refractivity contribution in [3.63, 3.8) is 0 Å². The van der Waals surface area contributed by atoms with Gasteiger partial charge in [-0.25, -0.2) is 0 Å². The zero-order valence-corrected chi connectivity index (χ0v) is 12.4. The van der Waals surface area contributed by atoms with Crippen LogP contribution in [0.3, 0.4) is 0 Å². The third-order valence-electron chi connectivity index (χ3n) is 2.51. The van der Waals surface area contributed by atoms with Crippen molar-refractivity contribution in [1.29, 1.82) is 5.26 Å². The van der Waals surface area contributed by atoms with Crippen LogP contribution in [0.1, 0.15) is 36.7 Å². The average molecular weight is 289 g/mol. The Morgan fingerprint density at radius 2 is 1.95 bits per heavy atom. The number of hydrogen-bond donors (Lipinski definition) is 2. The van der Waals surface area contributed by atoms with Crippen LogP contribution in [-0.4, -0.2) is 31.0 Å². The maximum atomic E-state index is 11.9. The number of nitriles is 1. The van der Waals surface area contributed by atoms with Gasteiger partial charge in [-0.2, -0.15) is 5.26 Å². The molecule has 112 valence electrons. The van der Waals surface area contributed by atoms with Gasteiger partial charge in [-0.05, 0) is 32.0 Å². The molecule has 0 fully saturated rings. The zero-order chi connectivity index (χ0) is 15.8. The quantitative estimate of drug-likeness (QED) is 0.770. The number of benzene rings is 1.